The number of nitrogens with two attached hydrogens (primary N) is 1. The Morgan fingerprint density at radius 3 is 2.70 bits per heavy atom. The highest BCUT2D eigenvalue weighted by atomic mass is 19.1. The predicted octanol–water partition coefficient (Wildman–Crippen LogP) is 2.26. The van der Waals surface area contributed by atoms with E-state index in [2.05, 4.69) is 16.9 Å². The molecule has 0 aliphatic carbocycles. The van der Waals surface area contributed by atoms with Gasteiger partial charge in [0.05, 0.1) is 12.2 Å². The largest absolute Gasteiger partial charge is 0.370 e. The quantitative estimate of drug-likeness (QED) is 0.457. The van der Waals surface area contributed by atoms with Crippen LogP contribution in [0.2, 0.25) is 0 Å². The first-order valence-electron chi connectivity index (χ1n) is 6.80. The number of anilines is 1. The van der Waals surface area contributed by atoms with Crippen molar-refractivity contribution >= 4 is 11.6 Å². The fourth-order valence-corrected chi connectivity index (χ4v) is 1.88. The van der Waals surface area contributed by atoms with Crippen LogP contribution in [-0.4, -0.2) is 25.6 Å². The molecule has 0 saturated carbocycles. The normalized spacial score (nSPS) is 11.2. The number of rotatable bonds is 7. The van der Waals surface area contributed by atoms with Gasteiger partial charge in [0, 0.05) is 19.6 Å². The van der Waals surface area contributed by atoms with E-state index in [-0.39, 0.29) is 5.82 Å². The van der Waals surface area contributed by atoms with Crippen LogP contribution in [0, 0.1) is 5.82 Å². The summed E-state index contributed by atoms with van der Waals surface area (Å²) < 4.78 is 14.1. The third-order valence-electron chi connectivity index (χ3n) is 2.98. The molecule has 0 atom stereocenters. The second-order valence-electron chi connectivity index (χ2n) is 4.33. The molecule has 20 heavy (non-hydrogen) atoms. The molecule has 0 saturated heterocycles. The molecular formula is C15H23FN4. The smallest absolute Gasteiger partial charge is 0.189 e. The lowest BCUT2D eigenvalue weighted by Crippen LogP contribution is -2.31. The average molecular weight is 278 g/mol. The maximum Gasteiger partial charge on any atom is 0.189 e. The molecule has 0 aromatic heterocycles. The van der Waals surface area contributed by atoms with E-state index in [0.717, 1.165) is 18.7 Å². The summed E-state index contributed by atoms with van der Waals surface area (Å²) in [5.74, 6) is 0.108. The zero-order chi connectivity index (χ0) is 15.0. The highest BCUT2D eigenvalue weighted by Crippen LogP contribution is 2.20. The van der Waals surface area contributed by atoms with Gasteiger partial charge >= 0.3 is 0 Å². The first-order valence-corrected chi connectivity index (χ1v) is 6.80. The molecule has 3 N–H and O–H groups in total. The van der Waals surface area contributed by atoms with E-state index >= 15 is 0 Å². The second kappa shape index (κ2) is 8.19. The van der Waals surface area contributed by atoms with Gasteiger partial charge in [0.25, 0.3) is 0 Å². The lowest BCUT2D eigenvalue weighted by atomic mass is 10.2. The van der Waals surface area contributed by atoms with Crippen molar-refractivity contribution in [3.05, 3.63) is 42.2 Å². The van der Waals surface area contributed by atoms with Crippen molar-refractivity contribution in [3.63, 3.8) is 0 Å². The van der Waals surface area contributed by atoms with Crippen LogP contribution in [0.5, 0.6) is 0 Å². The van der Waals surface area contributed by atoms with Crippen LogP contribution in [0.25, 0.3) is 0 Å². The molecular weight excluding hydrogens is 255 g/mol. The number of aliphatic imine (C=N–C) groups is 1. The van der Waals surface area contributed by atoms with Crippen molar-refractivity contribution in [2.24, 2.45) is 10.7 Å². The summed E-state index contributed by atoms with van der Waals surface area (Å²) in [7, 11) is 0. The third-order valence-corrected chi connectivity index (χ3v) is 2.98. The van der Waals surface area contributed by atoms with E-state index in [1.54, 1.807) is 12.1 Å². The van der Waals surface area contributed by atoms with Crippen LogP contribution in [0.1, 0.15) is 19.4 Å². The Labute approximate surface area is 120 Å². The Hall–Kier alpha value is -2.04. The minimum absolute atomic E-state index is 0.223. The first kappa shape index (κ1) is 16.0. The minimum Gasteiger partial charge on any atom is -0.370 e. The van der Waals surface area contributed by atoms with Gasteiger partial charge < -0.3 is 16.0 Å². The number of guanidine groups is 1. The molecule has 0 heterocycles. The van der Waals surface area contributed by atoms with Gasteiger partial charge in [-0.2, -0.15) is 0 Å². The molecule has 110 valence electrons. The SMILES string of the molecule is C=CCNC(N)=NCc1ccc(N(CC)CC)c(F)c1. The van der Waals surface area contributed by atoms with Gasteiger partial charge in [-0.25, -0.2) is 9.38 Å². The van der Waals surface area contributed by atoms with Gasteiger partial charge in [-0.05, 0) is 31.5 Å². The van der Waals surface area contributed by atoms with Crippen LogP contribution in [0.4, 0.5) is 10.1 Å². The third kappa shape index (κ3) is 4.57. The van der Waals surface area contributed by atoms with Crippen molar-refractivity contribution in [2.75, 3.05) is 24.5 Å². The maximum atomic E-state index is 14.1. The summed E-state index contributed by atoms with van der Waals surface area (Å²) in [6.45, 7) is 10.1. The van der Waals surface area contributed by atoms with E-state index in [9.17, 15) is 4.39 Å². The molecule has 0 amide bonds. The van der Waals surface area contributed by atoms with Gasteiger partial charge in [0.15, 0.2) is 5.96 Å². The lowest BCUT2D eigenvalue weighted by Gasteiger charge is -2.21. The summed E-state index contributed by atoms with van der Waals surface area (Å²) in [6.07, 6.45) is 1.70. The van der Waals surface area contributed by atoms with E-state index in [4.69, 9.17) is 5.73 Å². The number of halogens is 1. The predicted molar refractivity (Wildman–Crippen MR) is 83.5 cm³/mol. The minimum atomic E-state index is -0.223. The van der Waals surface area contributed by atoms with E-state index in [1.807, 2.05) is 24.8 Å². The highest BCUT2D eigenvalue weighted by molar-refractivity contribution is 5.77. The molecule has 1 aromatic rings. The molecule has 0 bridgehead atoms. The molecule has 0 fully saturated rings. The fraction of sp³-hybridized carbons (Fsp3) is 0.400. The highest BCUT2D eigenvalue weighted by Gasteiger charge is 2.08. The topological polar surface area (TPSA) is 53.6 Å². The summed E-state index contributed by atoms with van der Waals surface area (Å²) in [6, 6.07) is 5.18. The van der Waals surface area contributed by atoms with Gasteiger partial charge in [-0.15, -0.1) is 6.58 Å². The number of hydrogen-bond donors (Lipinski definition) is 2. The van der Waals surface area contributed by atoms with Crippen molar-refractivity contribution in [1.29, 1.82) is 0 Å². The van der Waals surface area contributed by atoms with Crippen LogP contribution >= 0.6 is 0 Å². The summed E-state index contributed by atoms with van der Waals surface area (Å²) in [4.78, 5) is 6.12. The molecule has 5 heteroatoms. The van der Waals surface area contributed by atoms with Gasteiger partial charge in [0.2, 0.25) is 0 Å². The Morgan fingerprint density at radius 1 is 1.45 bits per heavy atom. The van der Waals surface area contributed by atoms with Crippen LogP contribution in [0.3, 0.4) is 0 Å². The second-order valence-corrected chi connectivity index (χ2v) is 4.33. The van der Waals surface area contributed by atoms with Crippen molar-refractivity contribution in [2.45, 2.75) is 20.4 Å². The molecule has 0 spiro atoms. The Morgan fingerprint density at radius 2 is 2.15 bits per heavy atom. The van der Waals surface area contributed by atoms with Crippen molar-refractivity contribution in [3.8, 4) is 0 Å². The van der Waals surface area contributed by atoms with Crippen molar-refractivity contribution in [1.82, 2.24) is 5.32 Å². The Balaban J connectivity index is 2.74. The van der Waals surface area contributed by atoms with Gasteiger partial charge in [0.1, 0.15) is 5.82 Å². The Bertz CT molecular complexity index is 467. The lowest BCUT2D eigenvalue weighted by molar-refractivity contribution is 0.617. The monoisotopic (exact) mass is 278 g/mol. The van der Waals surface area contributed by atoms with Crippen molar-refractivity contribution < 1.29 is 4.39 Å². The van der Waals surface area contributed by atoms with E-state index < -0.39 is 0 Å². The standard InChI is InChI=1S/C15H23FN4/c1-4-9-18-15(17)19-11-12-7-8-14(13(16)10-12)20(5-2)6-3/h4,7-8,10H,1,5-6,9,11H2,2-3H3,(H3,17,18,19). The van der Waals surface area contributed by atoms with Crippen LogP contribution < -0.4 is 16.0 Å². The number of nitrogens with one attached hydrogen (secondary N) is 1. The van der Waals surface area contributed by atoms with Crippen LogP contribution in [0.15, 0.2) is 35.8 Å². The number of benzene rings is 1. The zero-order valence-corrected chi connectivity index (χ0v) is 12.2. The summed E-state index contributed by atoms with van der Waals surface area (Å²) in [5, 5.41) is 2.87. The van der Waals surface area contributed by atoms with Gasteiger partial charge in [-0.3, -0.25) is 0 Å². The fourth-order valence-electron chi connectivity index (χ4n) is 1.88. The molecule has 0 aliphatic rings. The maximum absolute atomic E-state index is 14.1. The molecule has 1 rings (SSSR count). The molecule has 1 aromatic carbocycles. The molecule has 0 aliphatic heterocycles. The number of hydrogen-bond acceptors (Lipinski definition) is 2. The summed E-state index contributed by atoms with van der Waals surface area (Å²) >= 11 is 0. The van der Waals surface area contributed by atoms with Crippen LogP contribution in [-0.2, 0) is 6.54 Å². The van der Waals surface area contributed by atoms with Gasteiger partial charge in [-0.1, -0.05) is 12.1 Å². The molecule has 0 unspecified atom stereocenters. The Kier molecular flexibility index (Phi) is 6.56. The zero-order valence-electron chi connectivity index (χ0n) is 12.2. The molecule has 4 nitrogen and oxygen atoms in total. The molecule has 0 radical (unpaired) electrons. The van der Waals surface area contributed by atoms with E-state index in [0.29, 0.717) is 24.7 Å². The number of nitrogens with zero attached hydrogens (tertiary/aromatic N) is 2. The average Bonchev–Trinajstić information content (AvgIpc) is 2.46. The first-order chi connectivity index (χ1) is 9.62. The summed E-state index contributed by atoms with van der Waals surface area (Å²) in [5.41, 5.74) is 7.07. The van der Waals surface area contributed by atoms with E-state index in [1.165, 1.54) is 6.07 Å².